The molecule has 0 amide bonds. The Balaban J connectivity index is 1.89. The van der Waals surface area contributed by atoms with Crippen molar-refractivity contribution in [2.75, 3.05) is 0 Å². The van der Waals surface area contributed by atoms with Gasteiger partial charge in [-0.1, -0.05) is 60.7 Å². The molecule has 0 unspecified atom stereocenters. The van der Waals surface area contributed by atoms with Crippen LogP contribution >= 0.6 is 0 Å². The molecule has 0 saturated carbocycles. The predicted octanol–water partition coefficient (Wildman–Crippen LogP) is 5.39. The summed E-state index contributed by atoms with van der Waals surface area (Å²) in [5.74, 6) is 0.513. The minimum atomic E-state index is -3.84. The summed E-state index contributed by atoms with van der Waals surface area (Å²) in [7, 11) is -3.84. The monoisotopic (exact) mass is 402 g/mol. The van der Waals surface area contributed by atoms with Crippen molar-refractivity contribution in [2.45, 2.75) is 23.8 Å². The van der Waals surface area contributed by atoms with E-state index in [0.717, 1.165) is 22.3 Å². The molecule has 145 valence electrons. The lowest BCUT2D eigenvalue weighted by Crippen LogP contribution is -2.05. The van der Waals surface area contributed by atoms with Crippen molar-refractivity contribution in [3.63, 3.8) is 0 Å². The van der Waals surface area contributed by atoms with Gasteiger partial charge >= 0.3 is 0 Å². The summed E-state index contributed by atoms with van der Waals surface area (Å²) >= 11 is 0. The largest absolute Gasteiger partial charge is 0.439 e. The number of oxazole rings is 1. The van der Waals surface area contributed by atoms with Crippen LogP contribution in [0.3, 0.4) is 0 Å². The van der Waals surface area contributed by atoms with Crippen LogP contribution in [0, 0.1) is 20.3 Å². The fourth-order valence-corrected chi connectivity index (χ4v) is 4.44. The Morgan fingerprint density at radius 3 is 2.10 bits per heavy atom. The Labute approximate surface area is 170 Å². The van der Waals surface area contributed by atoms with Crippen molar-refractivity contribution >= 4 is 9.84 Å². The first-order chi connectivity index (χ1) is 14.0. The number of aromatic nitrogens is 1. The Hall–Kier alpha value is -3.18. The zero-order chi connectivity index (χ0) is 20.4. The van der Waals surface area contributed by atoms with Crippen LogP contribution in [0.2, 0.25) is 0 Å². The molecule has 1 radical (unpaired) electrons. The molecule has 0 N–H and O–H groups in total. The average molecular weight is 402 g/mol. The van der Waals surface area contributed by atoms with Crippen LogP contribution < -0.4 is 0 Å². The molecule has 0 aliphatic heterocycles. The third-order valence-corrected chi connectivity index (χ3v) is 6.47. The van der Waals surface area contributed by atoms with E-state index in [-0.39, 0.29) is 21.6 Å². The van der Waals surface area contributed by atoms with Gasteiger partial charge in [0.1, 0.15) is 0 Å². The van der Waals surface area contributed by atoms with Crippen molar-refractivity contribution < 1.29 is 12.8 Å². The summed E-state index contributed by atoms with van der Waals surface area (Å²) in [6.07, 6.45) is 1.74. The lowest BCUT2D eigenvalue weighted by atomic mass is 10.1. The van der Waals surface area contributed by atoms with E-state index >= 15 is 0 Å². The van der Waals surface area contributed by atoms with Gasteiger partial charge in [-0.2, -0.15) is 4.98 Å². The third-order valence-electron chi connectivity index (χ3n) is 4.78. The molecule has 3 aromatic carbocycles. The fourth-order valence-electron chi connectivity index (χ4n) is 3.13. The summed E-state index contributed by atoms with van der Waals surface area (Å²) in [6, 6.07) is 23.6. The highest BCUT2D eigenvalue weighted by atomic mass is 32.2. The lowest BCUT2D eigenvalue weighted by molar-refractivity contribution is 0.541. The molecule has 0 aliphatic rings. The second-order valence-electron chi connectivity index (χ2n) is 6.82. The van der Waals surface area contributed by atoms with E-state index in [0.29, 0.717) is 0 Å². The second-order valence-corrected chi connectivity index (χ2v) is 8.69. The number of nitrogens with zero attached hydrogens (tertiary/aromatic N) is 1. The van der Waals surface area contributed by atoms with Gasteiger partial charge in [-0.15, -0.1) is 0 Å². The highest BCUT2D eigenvalue weighted by Gasteiger charge is 2.29. The Kier molecular flexibility index (Phi) is 5.07. The first kappa shape index (κ1) is 19.2. The fraction of sp³-hybridized carbons (Fsp3) is 0.0833. The molecule has 0 fully saturated rings. The van der Waals surface area contributed by atoms with Gasteiger partial charge < -0.3 is 4.42 Å². The van der Waals surface area contributed by atoms with Crippen LogP contribution in [0.1, 0.15) is 22.5 Å². The summed E-state index contributed by atoms with van der Waals surface area (Å²) in [5, 5.41) is -0.0785. The maximum Gasteiger partial charge on any atom is 0.227 e. The molecule has 0 atom stereocenters. The van der Waals surface area contributed by atoms with Crippen LogP contribution in [0.15, 0.2) is 93.2 Å². The van der Waals surface area contributed by atoms with Crippen LogP contribution in [0.5, 0.6) is 0 Å². The molecule has 0 bridgehead atoms. The molecule has 4 nitrogen and oxygen atoms in total. The van der Waals surface area contributed by atoms with Gasteiger partial charge in [-0.05, 0) is 48.7 Å². The Morgan fingerprint density at radius 2 is 1.41 bits per heavy atom. The summed E-state index contributed by atoms with van der Waals surface area (Å²) in [5.41, 5.74) is 3.62. The number of rotatable bonds is 5. The van der Waals surface area contributed by atoms with E-state index in [2.05, 4.69) is 4.98 Å². The minimum absolute atomic E-state index is 0.0785. The van der Waals surface area contributed by atoms with Crippen LogP contribution in [-0.2, 0) is 9.84 Å². The quantitative estimate of drug-likeness (QED) is 0.449. The summed E-state index contributed by atoms with van der Waals surface area (Å²) < 4.78 is 32.6. The molecule has 1 aromatic heterocycles. The Morgan fingerprint density at radius 1 is 0.793 bits per heavy atom. The standard InChI is InChI=1S/C24H20NO3S/c1-17-10-6-8-12-19(17)16-22-24(29(26,27)20-13-4-3-5-14-20)25-23(28-22)21-15-9-7-11-18(21)2/h3-16H,1-2H3. The number of hydrogen-bond donors (Lipinski definition) is 0. The van der Waals surface area contributed by atoms with Gasteiger partial charge in [0.2, 0.25) is 20.8 Å². The van der Waals surface area contributed by atoms with Gasteiger partial charge in [-0.25, -0.2) is 8.42 Å². The third kappa shape index (κ3) is 3.74. The van der Waals surface area contributed by atoms with E-state index < -0.39 is 9.84 Å². The van der Waals surface area contributed by atoms with E-state index in [1.165, 1.54) is 0 Å². The van der Waals surface area contributed by atoms with Crippen molar-refractivity contribution in [1.29, 1.82) is 0 Å². The normalized spacial score (nSPS) is 11.5. The smallest absolute Gasteiger partial charge is 0.227 e. The van der Waals surface area contributed by atoms with Gasteiger partial charge in [0.15, 0.2) is 5.76 Å². The molecule has 0 saturated heterocycles. The van der Waals surface area contributed by atoms with E-state index in [4.69, 9.17) is 4.42 Å². The van der Waals surface area contributed by atoms with Crippen LogP contribution in [0.4, 0.5) is 0 Å². The molecule has 29 heavy (non-hydrogen) atoms. The van der Waals surface area contributed by atoms with Crippen molar-refractivity contribution in [1.82, 2.24) is 4.98 Å². The minimum Gasteiger partial charge on any atom is -0.439 e. The zero-order valence-corrected chi connectivity index (χ0v) is 17.0. The highest BCUT2D eigenvalue weighted by Crippen LogP contribution is 2.32. The SMILES string of the molecule is Cc1ccccc1[CH]c1oc(-c2ccccc2C)nc1S(=O)(=O)c1ccccc1. The maximum absolute atomic E-state index is 13.3. The van der Waals surface area contributed by atoms with Crippen molar-refractivity contribution in [2.24, 2.45) is 0 Å². The molecule has 0 aliphatic carbocycles. The van der Waals surface area contributed by atoms with E-state index in [9.17, 15) is 8.42 Å². The summed E-state index contributed by atoms with van der Waals surface area (Å²) in [6.45, 7) is 3.91. The number of aryl methyl sites for hydroxylation is 2. The van der Waals surface area contributed by atoms with Crippen LogP contribution in [0.25, 0.3) is 11.5 Å². The highest BCUT2D eigenvalue weighted by molar-refractivity contribution is 7.91. The van der Waals surface area contributed by atoms with Gasteiger partial charge in [-0.3, -0.25) is 0 Å². The topological polar surface area (TPSA) is 60.2 Å². The number of benzene rings is 3. The zero-order valence-electron chi connectivity index (χ0n) is 16.2. The average Bonchev–Trinajstić information content (AvgIpc) is 3.15. The van der Waals surface area contributed by atoms with Gasteiger partial charge in [0.25, 0.3) is 0 Å². The molecular weight excluding hydrogens is 382 g/mol. The van der Waals surface area contributed by atoms with Gasteiger partial charge in [0.05, 0.1) is 11.3 Å². The Bertz CT molecular complexity index is 1260. The molecule has 4 aromatic rings. The van der Waals surface area contributed by atoms with Crippen molar-refractivity contribution in [3.05, 3.63) is 108 Å². The lowest BCUT2D eigenvalue weighted by Gasteiger charge is -2.05. The van der Waals surface area contributed by atoms with Crippen molar-refractivity contribution in [3.8, 4) is 11.5 Å². The second kappa shape index (κ2) is 7.68. The van der Waals surface area contributed by atoms with E-state index in [1.807, 2.05) is 62.4 Å². The molecule has 4 rings (SSSR count). The molecule has 0 spiro atoms. The predicted molar refractivity (Wildman–Crippen MR) is 112 cm³/mol. The first-order valence-electron chi connectivity index (χ1n) is 9.24. The van der Waals surface area contributed by atoms with Crippen LogP contribution in [-0.4, -0.2) is 13.4 Å². The summed E-state index contributed by atoms with van der Waals surface area (Å²) in [4.78, 5) is 4.61. The first-order valence-corrected chi connectivity index (χ1v) is 10.7. The maximum atomic E-state index is 13.3. The molecule has 1 heterocycles. The molecule has 5 heteroatoms. The number of sulfone groups is 1. The molecular formula is C24H20NO3S. The van der Waals surface area contributed by atoms with Gasteiger partial charge in [0, 0.05) is 5.56 Å². The van der Waals surface area contributed by atoms with E-state index in [1.54, 1.807) is 36.8 Å². The number of hydrogen-bond acceptors (Lipinski definition) is 4.